The third kappa shape index (κ3) is 3.67. The molecule has 7 heteroatoms. The molecule has 0 aliphatic carbocycles. The van der Waals surface area contributed by atoms with Crippen LogP contribution in [0.1, 0.15) is 25.5 Å². The number of aryl methyl sites for hydroxylation is 1. The second kappa shape index (κ2) is 7.61. The Bertz CT molecular complexity index is 663. The zero-order valence-corrected chi connectivity index (χ0v) is 14.8. The van der Waals surface area contributed by atoms with Gasteiger partial charge in [0.2, 0.25) is 5.88 Å². The minimum Gasteiger partial charge on any atom is -0.478 e. The highest BCUT2D eigenvalue weighted by atomic mass is 16.5. The Morgan fingerprint density at radius 3 is 2.46 bits per heavy atom. The Kier molecular flexibility index (Phi) is 5.30. The van der Waals surface area contributed by atoms with Crippen LogP contribution in [0, 0.1) is 0 Å². The molecule has 0 bridgehead atoms. The molecule has 2 aromatic rings. The maximum absolute atomic E-state index is 5.50. The summed E-state index contributed by atoms with van der Waals surface area (Å²) < 4.78 is 7.61. The van der Waals surface area contributed by atoms with E-state index in [2.05, 4.69) is 36.5 Å². The van der Waals surface area contributed by atoms with Gasteiger partial charge in [0.1, 0.15) is 17.5 Å². The van der Waals surface area contributed by atoms with Gasteiger partial charge in [0.05, 0.1) is 13.2 Å². The van der Waals surface area contributed by atoms with Crippen molar-refractivity contribution >= 4 is 5.82 Å². The molecule has 0 amide bonds. The van der Waals surface area contributed by atoms with Crippen LogP contribution in [0.3, 0.4) is 0 Å². The number of hydrogen-bond acceptors (Lipinski definition) is 6. The minimum absolute atomic E-state index is 0.641. The number of piperazine rings is 1. The van der Waals surface area contributed by atoms with Gasteiger partial charge >= 0.3 is 0 Å². The largest absolute Gasteiger partial charge is 0.478 e. The van der Waals surface area contributed by atoms with Crippen molar-refractivity contribution in [1.29, 1.82) is 0 Å². The molecule has 0 atom stereocenters. The summed E-state index contributed by atoms with van der Waals surface area (Å²) in [5.74, 6) is 3.77. The molecule has 1 saturated heterocycles. The van der Waals surface area contributed by atoms with E-state index in [1.54, 1.807) is 0 Å². The van der Waals surface area contributed by atoms with Crippen LogP contribution in [0.5, 0.6) is 5.88 Å². The van der Waals surface area contributed by atoms with Crippen LogP contribution in [0.4, 0.5) is 5.82 Å². The highest BCUT2D eigenvalue weighted by molar-refractivity contribution is 5.41. The second-order valence-corrected chi connectivity index (χ2v) is 5.98. The van der Waals surface area contributed by atoms with E-state index in [4.69, 9.17) is 4.74 Å². The fourth-order valence-corrected chi connectivity index (χ4v) is 2.99. The van der Waals surface area contributed by atoms with Gasteiger partial charge in [-0.05, 0) is 13.0 Å². The molecule has 0 radical (unpaired) electrons. The molecule has 7 nitrogen and oxygen atoms in total. The number of hydrogen-bond donors (Lipinski definition) is 0. The fraction of sp³-hybridized carbons (Fsp3) is 0.588. The molecule has 0 saturated carbocycles. The number of anilines is 1. The fourth-order valence-electron chi connectivity index (χ4n) is 2.99. The first-order valence-corrected chi connectivity index (χ1v) is 8.65. The lowest BCUT2D eigenvalue weighted by Gasteiger charge is -2.35. The molecule has 3 heterocycles. The van der Waals surface area contributed by atoms with E-state index in [0.29, 0.717) is 12.5 Å². The standard InChI is InChI=1S/C17H26N6O/c1-4-14-19-20-16(21(14)3)13-22-9-11-23(12-10-22)15-7-6-8-17(18-15)24-5-2/h6-8H,4-5,9-13H2,1-3H3. The van der Waals surface area contributed by atoms with Crippen LogP contribution in [0.15, 0.2) is 18.2 Å². The summed E-state index contributed by atoms with van der Waals surface area (Å²) in [6, 6.07) is 5.96. The lowest BCUT2D eigenvalue weighted by molar-refractivity contribution is 0.240. The maximum atomic E-state index is 5.50. The smallest absolute Gasteiger partial charge is 0.215 e. The second-order valence-electron chi connectivity index (χ2n) is 5.98. The van der Waals surface area contributed by atoms with Gasteiger partial charge in [0.25, 0.3) is 0 Å². The van der Waals surface area contributed by atoms with E-state index in [1.165, 1.54) is 0 Å². The average molecular weight is 330 g/mol. The number of nitrogens with zero attached hydrogens (tertiary/aromatic N) is 6. The Hall–Kier alpha value is -2.15. The molecular weight excluding hydrogens is 304 g/mol. The number of ether oxygens (including phenoxy) is 1. The van der Waals surface area contributed by atoms with Crippen LogP contribution < -0.4 is 9.64 Å². The average Bonchev–Trinajstić information content (AvgIpc) is 2.96. The minimum atomic E-state index is 0.641. The van der Waals surface area contributed by atoms with E-state index in [9.17, 15) is 0 Å². The summed E-state index contributed by atoms with van der Waals surface area (Å²) >= 11 is 0. The predicted molar refractivity (Wildman–Crippen MR) is 93.3 cm³/mol. The predicted octanol–water partition coefficient (Wildman–Crippen LogP) is 1.49. The van der Waals surface area contributed by atoms with Crippen molar-refractivity contribution in [1.82, 2.24) is 24.6 Å². The topological polar surface area (TPSA) is 59.3 Å². The summed E-state index contributed by atoms with van der Waals surface area (Å²) in [4.78, 5) is 9.32. The molecule has 0 spiro atoms. The van der Waals surface area contributed by atoms with Gasteiger partial charge in [-0.15, -0.1) is 10.2 Å². The molecule has 130 valence electrons. The molecule has 2 aromatic heterocycles. The molecule has 3 rings (SSSR count). The third-order valence-corrected chi connectivity index (χ3v) is 4.43. The lowest BCUT2D eigenvalue weighted by atomic mass is 10.3. The van der Waals surface area contributed by atoms with Gasteiger partial charge in [-0.25, -0.2) is 0 Å². The number of rotatable bonds is 6. The van der Waals surface area contributed by atoms with Gasteiger partial charge in [-0.1, -0.05) is 13.0 Å². The Balaban J connectivity index is 1.57. The molecule has 1 aliphatic rings. The van der Waals surface area contributed by atoms with E-state index in [0.717, 1.165) is 56.6 Å². The normalized spacial score (nSPS) is 15.7. The Morgan fingerprint density at radius 2 is 1.79 bits per heavy atom. The van der Waals surface area contributed by atoms with E-state index >= 15 is 0 Å². The number of pyridine rings is 1. The van der Waals surface area contributed by atoms with Crippen molar-refractivity contribution in [3.63, 3.8) is 0 Å². The Labute approximate surface area is 143 Å². The van der Waals surface area contributed by atoms with Gasteiger partial charge in [-0.3, -0.25) is 4.90 Å². The van der Waals surface area contributed by atoms with E-state index < -0.39 is 0 Å². The van der Waals surface area contributed by atoms with E-state index in [1.807, 2.05) is 32.2 Å². The van der Waals surface area contributed by atoms with Gasteiger partial charge in [-0.2, -0.15) is 4.98 Å². The van der Waals surface area contributed by atoms with Gasteiger partial charge in [0, 0.05) is 45.7 Å². The Morgan fingerprint density at radius 1 is 1.04 bits per heavy atom. The first kappa shape index (κ1) is 16.7. The quantitative estimate of drug-likeness (QED) is 0.800. The van der Waals surface area contributed by atoms with Crippen LogP contribution in [0.25, 0.3) is 0 Å². The molecule has 0 unspecified atom stereocenters. The molecule has 24 heavy (non-hydrogen) atoms. The lowest BCUT2D eigenvalue weighted by Crippen LogP contribution is -2.46. The van der Waals surface area contributed by atoms with E-state index in [-0.39, 0.29) is 0 Å². The molecule has 1 fully saturated rings. The van der Waals surface area contributed by atoms with Crippen LogP contribution >= 0.6 is 0 Å². The van der Waals surface area contributed by atoms with Crippen molar-refractivity contribution in [3.8, 4) is 5.88 Å². The van der Waals surface area contributed by atoms with Crippen molar-refractivity contribution in [2.75, 3.05) is 37.7 Å². The maximum Gasteiger partial charge on any atom is 0.215 e. The SMILES string of the molecule is CCOc1cccc(N2CCN(Cc3nnc(CC)n3C)CC2)n1. The first-order valence-electron chi connectivity index (χ1n) is 8.65. The van der Waals surface area contributed by atoms with Crippen molar-refractivity contribution < 1.29 is 4.74 Å². The van der Waals surface area contributed by atoms with Crippen LogP contribution in [0.2, 0.25) is 0 Å². The van der Waals surface area contributed by atoms with Crippen molar-refractivity contribution in [2.24, 2.45) is 7.05 Å². The third-order valence-electron chi connectivity index (χ3n) is 4.43. The first-order chi connectivity index (χ1) is 11.7. The molecule has 0 N–H and O–H groups in total. The van der Waals surface area contributed by atoms with Gasteiger partial charge < -0.3 is 14.2 Å². The highest BCUT2D eigenvalue weighted by Gasteiger charge is 2.20. The van der Waals surface area contributed by atoms with Gasteiger partial charge in [0.15, 0.2) is 0 Å². The zero-order valence-electron chi connectivity index (χ0n) is 14.8. The number of aromatic nitrogens is 4. The zero-order chi connectivity index (χ0) is 16.9. The van der Waals surface area contributed by atoms with Crippen LogP contribution in [-0.4, -0.2) is 57.4 Å². The summed E-state index contributed by atoms with van der Waals surface area (Å²) in [6.45, 7) is 9.48. The molecule has 0 aromatic carbocycles. The summed E-state index contributed by atoms with van der Waals surface area (Å²) in [5.41, 5.74) is 0. The molecule has 1 aliphatic heterocycles. The van der Waals surface area contributed by atoms with Crippen molar-refractivity contribution in [3.05, 3.63) is 29.8 Å². The monoisotopic (exact) mass is 330 g/mol. The summed E-state index contributed by atoms with van der Waals surface area (Å²) in [7, 11) is 2.05. The highest BCUT2D eigenvalue weighted by Crippen LogP contribution is 2.18. The molecular formula is C17H26N6O. The van der Waals surface area contributed by atoms with Crippen LogP contribution in [-0.2, 0) is 20.0 Å². The summed E-state index contributed by atoms with van der Waals surface area (Å²) in [6.07, 6.45) is 0.916. The summed E-state index contributed by atoms with van der Waals surface area (Å²) in [5, 5.41) is 8.56. The van der Waals surface area contributed by atoms with Crippen molar-refractivity contribution in [2.45, 2.75) is 26.8 Å².